The van der Waals surface area contributed by atoms with Crippen LogP contribution in [0.25, 0.3) is 0 Å². The Morgan fingerprint density at radius 3 is 2.83 bits per heavy atom. The van der Waals surface area contributed by atoms with Crippen molar-refractivity contribution in [2.75, 3.05) is 0 Å². The molecule has 4 atom stereocenters. The molecule has 4 heteroatoms. The zero-order chi connectivity index (χ0) is 12.7. The van der Waals surface area contributed by atoms with Gasteiger partial charge in [0.05, 0.1) is 12.2 Å². The predicted octanol–water partition coefficient (Wildman–Crippen LogP) is 2.54. The largest absolute Gasteiger partial charge is 0.487 e. The van der Waals surface area contributed by atoms with Crippen molar-refractivity contribution in [2.24, 2.45) is 5.73 Å². The zero-order valence-corrected chi connectivity index (χ0v) is 10.4. The summed E-state index contributed by atoms with van der Waals surface area (Å²) < 4.78 is 24.9. The Labute approximate surface area is 106 Å². The first-order valence-corrected chi connectivity index (χ1v) is 6.50. The van der Waals surface area contributed by atoms with Gasteiger partial charge in [0.15, 0.2) is 0 Å². The fourth-order valence-corrected chi connectivity index (χ4v) is 2.84. The maximum atomic E-state index is 13.2. The number of hydrogen-bond donors (Lipinski definition) is 1. The van der Waals surface area contributed by atoms with E-state index < -0.39 is 0 Å². The molecule has 2 aliphatic rings. The Balaban J connectivity index is 1.82. The van der Waals surface area contributed by atoms with Gasteiger partial charge in [-0.15, -0.1) is 0 Å². The number of fused-ring (bicyclic) bond motifs is 1. The molecule has 0 aliphatic carbocycles. The van der Waals surface area contributed by atoms with Crippen LogP contribution in [0.3, 0.4) is 0 Å². The summed E-state index contributed by atoms with van der Waals surface area (Å²) in [5.41, 5.74) is 7.02. The Morgan fingerprint density at radius 2 is 2.11 bits per heavy atom. The van der Waals surface area contributed by atoms with Gasteiger partial charge in [-0.2, -0.15) is 0 Å². The van der Waals surface area contributed by atoms with E-state index in [1.165, 1.54) is 12.1 Å². The lowest BCUT2D eigenvalue weighted by atomic mass is 9.94. The molecule has 4 unspecified atom stereocenters. The highest BCUT2D eigenvalue weighted by Crippen LogP contribution is 2.37. The van der Waals surface area contributed by atoms with Gasteiger partial charge in [-0.1, -0.05) is 6.07 Å². The van der Waals surface area contributed by atoms with Crippen molar-refractivity contribution in [3.63, 3.8) is 0 Å². The summed E-state index contributed by atoms with van der Waals surface area (Å²) >= 11 is 0. The van der Waals surface area contributed by atoms with Gasteiger partial charge in [-0.05, 0) is 25.8 Å². The molecule has 1 saturated heterocycles. The van der Waals surface area contributed by atoms with Crippen molar-refractivity contribution < 1.29 is 13.9 Å². The lowest BCUT2D eigenvalue weighted by molar-refractivity contribution is -0.0282. The third-order valence-electron chi connectivity index (χ3n) is 3.82. The molecule has 0 spiro atoms. The monoisotopic (exact) mass is 251 g/mol. The number of halogens is 1. The highest BCUT2D eigenvalue weighted by atomic mass is 19.1. The van der Waals surface area contributed by atoms with Crippen molar-refractivity contribution in [3.05, 3.63) is 29.6 Å². The van der Waals surface area contributed by atoms with Gasteiger partial charge < -0.3 is 15.2 Å². The van der Waals surface area contributed by atoms with E-state index in [2.05, 4.69) is 6.92 Å². The van der Waals surface area contributed by atoms with Crippen molar-refractivity contribution >= 4 is 0 Å². The number of benzene rings is 1. The van der Waals surface area contributed by atoms with E-state index in [-0.39, 0.29) is 30.2 Å². The summed E-state index contributed by atoms with van der Waals surface area (Å²) in [5.74, 6) is 0.282. The summed E-state index contributed by atoms with van der Waals surface area (Å²) in [6, 6.07) is 4.46. The van der Waals surface area contributed by atoms with Gasteiger partial charge in [0.1, 0.15) is 17.7 Å². The molecule has 3 rings (SSSR count). The molecule has 2 N–H and O–H groups in total. The predicted molar refractivity (Wildman–Crippen MR) is 65.9 cm³/mol. The fraction of sp³-hybridized carbons (Fsp3) is 0.571. The van der Waals surface area contributed by atoms with E-state index in [4.69, 9.17) is 15.2 Å². The average Bonchev–Trinajstić information content (AvgIpc) is 2.75. The van der Waals surface area contributed by atoms with Crippen LogP contribution in [0.15, 0.2) is 18.2 Å². The zero-order valence-electron chi connectivity index (χ0n) is 10.4. The van der Waals surface area contributed by atoms with E-state index in [0.717, 1.165) is 24.8 Å². The van der Waals surface area contributed by atoms with Crippen LogP contribution >= 0.6 is 0 Å². The van der Waals surface area contributed by atoms with Crippen molar-refractivity contribution in [3.8, 4) is 5.75 Å². The second kappa shape index (κ2) is 4.52. The first kappa shape index (κ1) is 11.9. The topological polar surface area (TPSA) is 44.5 Å². The normalized spacial score (nSPS) is 35.1. The molecule has 1 fully saturated rings. The molecule has 0 saturated carbocycles. The summed E-state index contributed by atoms with van der Waals surface area (Å²) in [6.07, 6.45) is 3.08. The summed E-state index contributed by atoms with van der Waals surface area (Å²) in [4.78, 5) is 0. The van der Waals surface area contributed by atoms with Gasteiger partial charge in [-0.3, -0.25) is 0 Å². The van der Waals surface area contributed by atoms with Gasteiger partial charge >= 0.3 is 0 Å². The molecule has 1 aromatic carbocycles. The van der Waals surface area contributed by atoms with E-state index in [1.54, 1.807) is 6.07 Å². The minimum atomic E-state index is -0.290. The van der Waals surface area contributed by atoms with Gasteiger partial charge in [-0.25, -0.2) is 4.39 Å². The Hall–Kier alpha value is -1.13. The van der Waals surface area contributed by atoms with Crippen molar-refractivity contribution in [1.82, 2.24) is 0 Å². The molecule has 98 valence electrons. The van der Waals surface area contributed by atoms with Crippen LogP contribution in [0.2, 0.25) is 0 Å². The second-order valence-corrected chi connectivity index (χ2v) is 5.24. The molecule has 1 aromatic rings. The summed E-state index contributed by atoms with van der Waals surface area (Å²) in [6.45, 7) is 2.07. The molecule has 3 nitrogen and oxygen atoms in total. The van der Waals surface area contributed by atoms with Gasteiger partial charge in [0.2, 0.25) is 0 Å². The third kappa shape index (κ3) is 2.10. The molecule has 0 aromatic heterocycles. The molecule has 0 amide bonds. The first-order valence-electron chi connectivity index (χ1n) is 6.50. The van der Waals surface area contributed by atoms with Crippen LogP contribution in [0.1, 0.15) is 37.8 Å². The smallest absolute Gasteiger partial charge is 0.127 e. The molecular formula is C14H18FNO2. The van der Waals surface area contributed by atoms with Crippen LogP contribution in [0, 0.1) is 5.82 Å². The second-order valence-electron chi connectivity index (χ2n) is 5.24. The minimum Gasteiger partial charge on any atom is -0.487 e. The lowest BCUT2D eigenvalue weighted by Gasteiger charge is -2.33. The van der Waals surface area contributed by atoms with Gasteiger partial charge in [0, 0.05) is 24.1 Å². The molecule has 2 aliphatic heterocycles. The van der Waals surface area contributed by atoms with Crippen molar-refractivity contribution in [2.45, 2.75) is 50.5 Å². The quantitative estimate of drug-likeness (QED) is 0.834. The lowest BCUT2D eigenvalue weighted by Crippen LogP contribution is -2.38. The third-order valence-corrected chi connectivity index (χ3v) is 3.82. The number of nitrogens with two attached hydrogens (primary N) is 1. The van der Waals surface area contributed by atoms with E-state index >= 15 is 0 Å². The summed E-state index contributed by atoms with van der Waals surface area (Å²) in [7, 11) is 0. The molecule has 0 bridgehead atoms. The molecule has 18 heavy (non-hydrogen) atoms. The number of hydrogen-bond acceptors (Lipinski definition) is 3. The van der Waals surface area contributed by atoms with Gasteiger partial charge in [0.25, 0.3) is 0 Å². The maximum Gasteiger partial charge on any atom is 0.127 e. The number of ether oxygens (including phenoxy) is 2. The van der Waals surface area contributed by atoms with Crippen LogP contribution in [0.5, 0.6) is 5.75 Å². The van der Waals surface area contributed by atoms with Crippen LogP contribution in [0.4, 0.5) is 4.39 Å². The SMILES string of the molecule is CC1CCC(C2CC(N)c3ccc(F)cc3O2)O1. The highest BCUT2D eigenvalue weighted by molar-refractivity contribution is 5.38. The van der Waals surface area contributed by atoms with Crippen LogP contribution in [-0.4, -0.2) is 18.3 Å². The standard InChI is InChI=1S/C14H18FNO2/c1-8-2-5-12(17-8)14-7-11(16)10-4-3-9(15)6-13(10)18-14/h3-4,6,8,11-12,14H,2,5,7,16H2,1H3. The van der Waals surface area contributed by atoms with E-state index in [0.29, 0.717) is 5.75 Å². The highest BCUT2D eigenvalue weighted by Gasteiger charge is 2.36. The Bertz CT molecular complexity index is 451. The Morgan fingerprint density at radius 1 is 1.28 bits per heavy atom. The summed E-state index contributed by atoms with van der Waals surface area (Å²) in [5, 5.41) is 0. The molecular weight excluding hydrogens is 233 g/mol. The van der Waals surface area contributed by atoms with Crippen LogP contribution < -0.4 is 10.5 Å². The molecule has 0 radical (unpaired) electrons. The minimum absolute atomic E-state index is 0.0563. The van der Waals surface area contributed by atoms with Crippen molar-refractivity contribution in [1.29, 1.82) is 0 Å². The maximum absolute atomic E-state index is 13.2. The van der Waals surface area contributed by atoms with E-state index in [9.17, 15) is 4.39 Å². The Kier molecular flexibility index (Phi) is 2.99. The number of rotatable bonds is 1. The average molecular weight is 251 g/mol. The molecule has 2 heterocycles. The fourth-order valence-electron chi connectivity index (χ4n) is 2.84. The first-order chi connectivity index (χ1) is 8.63. The van der Waals surface area contributed by atoms with Crippen LogP contribution in [-0.2, 0) is 4.74 Å². The van der Waals surface area contributed by atoms with E-state index in [1.807, 2.05) is 0 Å².